The molecule has 0 radical (unpaired) electrons. The Morgan fingerprint density at radius 3 is 2.79 bits per heavy atom. The Kier molecular flexibility index (Phi) is 4.29. The lowest BCUT2D eigenvalue weighted by Crippen LogP contribution is -2.18. The molecule has 0 aliphatic carbocycles. The molecule has 0 saturated heterocycles. The molecule has 0 spiro atoms. The third-order valence-corrected chi connectivity index (χ3v) is 3.71. The molecule has 2 rings (SSSR count). The zero-order valence-electron chi connectivity index (χ0n) is 9.79. The molecule has 1 aliphatic rings. The van der Waals surface area contributed by atoms with Gasteiger partial charge in [0.15, 0.2) is 10.9 Å². The van der Waals surface area contributed by atoms with Gasteiger partial charge in [0.2, 0.25) is 0 Å². The smallest absolute Gasteiger partial charge is 0.404 e. The van der Waals surface area contributed by atoms with Crippen LogP contribution in [0.1, 0.15) is 6.92 Å². The van der Waals surface area contributed by atoms with Crippen molar-refractivity contribution in [2.45, 2.75) is 18.5 Å². The quantitative estimate of drug-likeness (QED) is 0.861. The van der Waals surface area contributed by atoms with E-state index in [0.717, 1.165) is 0 Å². The standard InChI is InChI=1S/C11H10BrF3N2OS/c1-6-5-16-10(19-6)17-8-3-2-7(12)4-9(8)18-11(13,14)15/h2-4,6H,5H2,1H3,(H,16,17). The summed E-state index contributed by atoms with van der Waals surface area (Å²) in [6.07, 6.45) is -4.73. The fourth-order valence-electron chi connectivity index (χ4n) is 1.47. The van der Waals surface area contributed by atoms with Gasteiger partial charge in [-0.2, -0.15) is 0 Å². The van der Waals surface area contributed by atoms with E-state index in [9.17, 15) is 13.2 Å². The van der Waals surface area contributed by atoms with E-state index < -0.39 is 6.36 Å². The first kappa shape index (κ1) is 14.5. The molecule has 1 aromatic rings. The summed E-state index contributed by atoms with van der Waals surface area (Å²) in [4.78, 5) is 4.19. The highest BCUT2D eigenvalue weighted by Gasteiger charge is 2.32. The van der Waals surface area contributed by atoms with Gasteiger partial charge in [-0.05, 0) is 18.2 Å². The number of nitrogens with zero attached hydrogens (tertiary/aromatic N) is 1. The van der Waals surface area contributed by atoms with Gasteiger partial charge in [0.25, 0.3) is 0 Å². The van der Waals surface area contributed by atoms with E-state index >= 15 is 0 Å². The summed E-state index contributed by atoms with van der Waals surface area (Å²) in [5.74, 6) is -0.287. The largest absolute Gasteiger partial charge is 0.573 e. The van der Waals surface area contributed by atoms with E-state index in [-0.39, 0.29) is 11.4 Å². The molecule has 19 heavy (non-hydrogen) atoms. The van der Waals surface area contributed by atoms with Crippen LogP contribution >= 0.6 is 27.7 Å². The molecule has 3 nitrogen and oxygen atoms in total. The minimum atomic E-state index is -4.73. The highest BCUT2D eigenvalue weighted by molar-refractivity contribution is 9.10. The fourth-order valence-corrected chi connectivity index (χ4v) is 2.66. The van der Waals surface area contributed by atoms with Crippen LogP contribution in [0.3, 0.4) is 0 Å². The number of benzene rings is 1. The summed E-state index contributed by atoms with van der Waals surface area (Å²) < 4.78 is 41.5. The van der Waals surface area contributed by atoms with Crippen LogP contribution in [0.2, 0.25) is 0 Å². The van der Waals surface area contributed by atoms with Gasteiger partial charge in [-0.15, -0.1) is 13.2 Å². The first-order valence-corrected chi connectivity index (χ1v) is 7.04. The van der Waals surface area contributed by atoms with Crippen molar-refractivity contribution in [1.82, 2.24) is 0 Å². The third kappa shape index (κ3) is 4.31. The molecule has 8 heteroatoms. The predicted molar refractivity (Wildman–Crippen MR) is 73.8 cm³/mol. The van der Waals surface area contributed by atoms with Crippen LogP contribution in [0.25, 0.3) is 0 Å². The number of anilines is 1. The normalized spacial score (nSPS) is 19.2. The second-order valence-corrected chi connectivity index (χ2v) is 6.23. The SMILES string of the molecule is CC1CN=C(Nc2ccc(Br)cc2OC(F)(F)F)S1. The van der Waals surface area contributed by atoms with Gasteiger partial charge in [-0.1, -0.05) is 34.6 Å². The van der Waals surface area contributed by atoms with E-state index in [1.165, 1.54) is 23.9 Å². The van der Waals surface area contributed by atoms with Crippen molar-refractivity contribution in [1.29, 1.82) is 0 Å². The van der Waals surface area contributed by atoms with Crippen LogP contribution in [0, 0.1) is 0 Å². The molecular formula is C11H10BrF3N2OS. The average Bonchev–Trinajstić information content (AvgIpc) is 2.66. The Bertz CT molecular complexity index is 507. The average molecular weight is 355 g/mol. The summed E-state index contributed by atoms with van der Waals surface area (Å²) in [6.45, 7) is 2.65. The van der Waals surface area contributed by atoms with Crippen molar-refractivity contribution in [3.63, 3.8) is 0 Å². The molecule has 0 bridgehead atoms. The number of rotatable bonds is 2. The maximum Gasteiger partial charge on any atom is 0.573 e. The maximum absolute atomic E-state index is 12.3. The van der Waals surface area contributed by atoms with Gasteiger partial charge in [0.1, 0.15) is 0 Å². The molecular weight excluding hydrogens is 345 g/mol. The minimum absolute atomic E-state index is 0.237. The molecule has 1 aromatic carbocycles. The van der Waals surface area contributed by atoms with Crippen LogP contribution in [0.4, 0.5) is 18.9 Å². The summed E-state index contributed by atoms with van der Waals surface area (Å²) in [5.41, 5.74) is 0.237. The van der Waals surface area contributed by atoms with E-state index in [0.29, 0.717) is 21.4 Å². The molecule has 0 saturated carbocycles. The number of aliphatic imine (C=N–C) groups is 1. The highest BCUT2D eigenvalue weighted by atomic mass is 79.9. The van der Waals surface area contributed by atoms with Crippen LogP contribution in [0.15, 0.2) is 27.7 Å². The Morgan fingerprint density at radius 2 is 2.21 bits per heavy atom. The maximum atomic E-state index is 12.3. The molecule has 104 valence electrons. The molecule has 0 fully saturated rings. The van der Waals surface area contributed by atoms with E-state index in [2.05, 4.69) is 31.0 Å². The summed E-state index contributed by atoms with van der Waals surface area (Å²) in [5, 5.41) is 3.78. The van der Waals surface area contributed by atoms with E-state index in [1.54, 1.807) is 6.07 Å². The molecule has 1 atom stereocenters. The number of alkyl halides is 3. The fraction of sp³-hybridized carbons (Fsp3) is 0.364. The molecule has 1 unspecified atom stereocenters. The lowest BCUT2D eigenvalue weighted by molar-refractivity contribution is -0.274. The van der Waals surface area contributed by atoms with Gasteiger partial charge in [-0.3, -0.25) is 4.99 Å². The van der Waals surface area contributed by atoms with E-state index in [1.807, 2.05) is 6.92 Å². The Hall–Kier alpha value is -0.890. The number of ether oxygens (including phenoxy) is 1. The van der Waals surface area contributed by atoms with Crippen molar-refractivity contribution in [3.8, 4) is 5.75 Å². The summed E-state index contributed by atoms with van der Waals surface area (Å²) in [6, 6.07) is 4.41. The Labute approximate surface area is 120 Å². The van der Waals surface area contributed by atoms with E-state index in [4.69, 9.17) is 0 Å². The third-order valence-electron chi connectivity index (χ3n) is 2.22. The lowest BCUT2D eigenvalue weighted by atomic mass is 10.3. The topological polar surface area (TPSA) is 33.6 Å². The van der Waals surface area contributed by atoms with Gasteiger partial charge in [-0.25, -0.2) is 0 Å². The Balaban J connectivity index is 2.19. The zero-order valence-corrected chi connectivity index (χ0v) is 12.2. The Morgan fingerprint density at radius 1 is 1.47 bits per heavy atom. The second kappa shape index (κ2) is 5.62. The second-order valence-electron chi connectivity index (χ2n) is 3.89. The van der Waals surface area contributed by atoms with Gasteiger partial charge >= 0.3 is 6.36 Å². The first-order chi connectivity index (χ1) is 8.83. The van der Waals surface area contributed by atoms with Crippen LogP contribution in [0.5, 0.6) is 5.75 Å². The zero-order chi connectivity index (χ0) is 14.0. The number of hydrogen-bond acceptors (Lipinski definition) is 4. The number of hydrogen-bond donors (Lipinski definition) is 1. The van der Waals surface area contributed by atoms with Crippen LogP contribution < -0.4 is 10.1 Å². The summed E-state index contributed by atoms with van der Waals surface area (Å²) >= 11 is 4.60. The van der Waals surface area contributed by atoms with Gasteiger partial charge < -0.3 is 10.1 Å². The van der Waals surface area contributed by atoms with Crippen molar-refractivity contribution in [2.75, 3.05) is 11.9 Å². The van der Waals surface area contributed by atoms with Crippen molar-refractivity contribution in [3.05, 3.63) is 22.7 Å². The van der Waals surface area contributed by atoms with Crippen molar-refractivity contribution >= 4 is 38.5 Å². The van der Waals surface area contributed by atoms with Crippen LogP contribution in [-0.2, 0) is 0 Å². The predicted octanol–water partition coefficient (Wildman–Crippen LogP) is 4.25. The number of amidine groups is 1. The monoisotopic (exact) mass is 354 g/mol. The summed E-state index contributed by atoms with van der Waals surface area (Å²) in [7, 11) is 0. The molecule has 1 heterocycles. The molecule has 1 N–H and O–H groups in total. The van der Waals surface area contributed by atoms with Crippen LogP contribution in [-0.4, -0.2) is 23.3 Å². The number of nitrogens with one attached hydrogen (secondary N) is 1. The van der Waals surface area contributed by atoms with Gasteiger partial charge in [0.05, 0.1) is 12.2 Å². The van der Waals surface area contributed by atoms with Crippen molar-refractivity contribution < 1.29 is 17.9 Å². The first-order valence-electron chi connectivity index (χ1n) is 5.37. The minimum Gasteiger partial charge on any atom is -0.404 e. The van der Waals surface area contributed by atoms with Crippen molar-refractivity contribution in [2.24, 2.45) is 4.99 Å². The number of halogens is 4. The lowest BCUT2D eigenvalue weighted by Gasteiger charge is -2.14. The molecule has 1 aliphatic heterocycles. The molecule has 0 aromatic heterocycles. The number of thioether (sulfide) groups is 1. The highest BCUT2D eigenvalue weighted by Crippen LogP contribution is 2.34. The van der Waals surface area contributed by atoms with Gasteiger partial charge in [0, 0.05) is 9.72 Å². The molecule has 0 amide bonds.